The number of nitrogens with one attached hydrogen (secondary N) is 1. The van der Waals surface area contributed by atoms with Crippen molar-refractivity contribution in [3.8, 4) is 6.07 Å². The molecule has 1 unspecified atom stereocenters. The fourth-order valence-corrected chi connectivity index (χ4v) is 2.55. The third-order valence-corrected chi connectivity index (χ3v) is 3.67. The molecule has 0 aromatic heterocycles. The lowest BCUT2D eigenvalue weighted by Gasteiger charge is -2.35. The van der Waals surface area contributed by atoms with Gasteiger partial charge in [-0.05, 0) is 25.5 Å². The van der Waals surface area contributed by atoms with Gasteiger partial charge in [0.25, 0.3) is 0 Å². The van der Waals surface area contributed by atoms with E-state index in [1.165, 1.54) is 5.56 Å². The quantitative estimate of drug-likeness (QED) is 0.880. The van der Waals surface area contributed by atoms with Gasteiger partial charge in [0.2, 0.25) is 0 Å². The summed E-state index contributed by atoms with van der Waals surface area (Å²) in [6.45, 7) is 6.06. The molecular formula is C15H21N3. The Morgan fingerprint density at radius 2 is 2.06 bits per heavy atom. The molecular weight excluding hydrogens is 222 g/mol. The van der Waals surface area contributed by atoms with Gasteiger partial charge in [-0.15, -0.1) is 0 Å². The molecule has 1 aromatic carbocycles. The average Bonchev–Trinajstić information content (AvgIpc) is 2.69. The van der Waals surface area contributed by atoms with Crippen LogP contribution in [-0.2, 0) is 6.42 Å². The zero-order chi connectivity index (χ0) is 12.8. The molecule has 1 aliphatic heterocycles. The lowest BCUT2D eigenvalue weighted by molar-refractivity contribution is 0.162. The molecule has 1 fully saturated rings. The fourth-order valence-electron chi connectivity index (χ4n) is 2.55. The van der Waals surface area contributed by atoms with E-state index in [0.717, 1.165) is 39.0 Å². The van der Waals surface area contributed by atoms with Crippen LogP contribution in [-0.4, -0.2) is 36.6 Å². The predicted molar refractivity (Wildman–Crippen MR) is 73.2 cm³/mol. The summed E-state index contributed by atoms with van der Waals surface area (Å²) in [6, 6.07) is 12.8. The molecule has 1 aromatic rings. The van der Waals surface area contributed by atoms with Crippen molar-refractivity contribution in [1.82, 2.24) is 10.2 Å². The Hall–Kier alpha value is -1.37. The molecule has 1 saturated heterocycles. The number of hydrogen-bond donors (Lipinski definition) is 1. The first-order valence-electron chi connectivity index (χ1n) is 6.65. The predicted octanol–water partition coefficient (Wildman–Crippen LogP) is 1.81. The normalized spacial score (nSPS) is 20.7. The van der Waals surface area contributed by atoms with Crippen LogP contribution in [0.3, 0.4) is 0 Å². The van der Waals surface area contributed by atoms with Gasteiger partial charge in [0.15, 0.2) is 0 Å². The van der Waals surface area contributed by atoms with Gasteiger partial charge in [0, 0.05) is 26.1 Å². The van der Waals surface area contributed by atoms with Gasteiger partial charge in [-0.3, -0.25) is 4.90 Å². The lowest BCUT2D eigenvalue weighted by atomic mass is 9.92. The topological polar surface area (TPSA) is 39.1 Å². The third-order valence-electron chi connectivity index (χ3n) is 3.67. The zero-order valence-electron chi connectivity index (χ0n) is 11.0. The number of benzene rings is 1. The molecule has 0 saturated carbocycles. The minimum absolute atomic E-state index is 0.395. The highest BCUT2D eigenvalue weighted by Crippen LogP contribution is 2.21. The summed E-state index contributed by atoms with van der Waals surface area (Å²) in [5.74, 6) is 0. The molecule has 0 amide bonds. The van der Waals surface area contributed by atoms with Crippen molar-refractivity contribution in [2.45, 2.75) is 25.3 Å². The summed E-state index contributed by atoms with van der Waals surface area (Å²) >= 11 is 0. The van der Waals surface area contributed by atoms with Crippen LogP contribution in [0.5, 0.6) is 0 Å². The Balaban J connectivity index is 2.12. The van der Waals surface area contributed by atoms with Crippen molar-refractivity contribution < 1.29 is 0 Å². The summed E-state index contributed by atoms with van der Waals surface area (Å²) in [7, 11) is 0. The third kappa shape index (κ3) is 3.10. The van der Waals surface area contributed by atoms with E-state index >= 15 is 0 Å². The molecule has 2 rings (SSSR count). The van der Waals surface area contributed by atoms with Crippen molar-refractivity contribution >= 4 is 0 Å². The second-order valence-corrected chi connectivity index (χ2v) is 5.14. The molecule has 3 heteroatoms. The van der Waals surface area contributed by atoms with Gasteiger partial charge in [-0.1, -0.05) is 30.3 Å². The minimum Gasteiger partial charge on any atom is -0.315 e. The Labute approximate surface area is 109 Å². The van der Waals surface area contributed by atoms with Gasteiger partial charge in [-0.2, -0.15) is 5.26 Å². The summed E-state index contributed by atoms with van der Waals surface area (Å²) in [5.41, 5.74) is 0.839. The Bertz CT molecular complexity index is 401. The van der Waals surface area contributed by atoms with Crippen LogP contribution in [0.15, 0.2) is 30.3 Å². The van der Waals surface area contributed by atoms with Crippen LogP contribution in [0, 0.1) is 11.3 Å². The summed E-state index contributed by atoms with van der Waals surface area (Å²) in [5, 5.41) is 13.0. The minimum atomic E-state index is -0.395. The van der Waals surface area contributed by atoms with Crippen LogP contribution < -0.4 is 5.32 Å². The van der Waals surface area contributed by atoms with Crippen LogP contribution in [0.25, 0.3) is 0 Å². The van der Waals surface area contributed by atoms with E-state index in [0.29, 0.717) is 0 Å². The smallest absolute Gasteiger partial charge is 0.110 e. The highest BCUT2D eigenvalue weighted by molar-refractivity contribution is 5.21. The fraction of sp³-hybridized carbons (Fsp3) is 0.533. The van der Waals surface area contributed by atoms with Crippen molar-refractivity contribution in [2.75, 3.05) is 26.2 Å². The van der Waals surface area contributed by atoms with E-state index < -0.39 is 5.54 Å². The number of hydrogen-bond acceptors (Lipinski definition) is 3. The van der Waals surface area contributed by atoms with Crippen molar-refractivity contribution in [3.63, 3.8) is 0 Å². The molecule has 1 aliphatic rings. The average molecular weight is 243 g/mol. The number of rotatable bonds is 3. The van der Waals surface area contributed by atoms with Crippen molar-refractivity contribution in [3.05, 3.63) is 35.9 Å². The maximum Gasteiger partial charge on any atom is 0.110 e. The van der Waals surface area contributed by atoms with E-state index in [1.54, 1.807) is 0 Å². The molecule has 0 spiro atoms. The van der Waals surface area contributed by atoms with Gasteiger partial charge in [-0.25, -0.2) is 0 Å². The first-order chi connectivity index (χ1) is 8.74. The SMILES string of the molecule is CC(C#N)(Cc1ccccc1)N1CCCNCC1. The maximum absolute atomic E-state index is 9.58. The van der Waals surface area contributed by atoms with E-state index in [1.807, 2.05) is 18.2 Å². The largest absolute Gasteiger partial charge is 0.315 e. The lowest BCUT2D eigenvalue weighted by Crippen LogP contribution is -2.48. The molecule has 0 aliphatic carbocycles. The first kappa shape index (κ1) is 13.1. The number of nitrogens with zero attached hydrogens (tertiary/aromatic N) is 2. The van der Waals surface area contributed by atoms with Crippen molar-refractivity contribution in [1.29, 1.82) is 5.26 Å². The summed E-state index contributed by atoms with van der Waals surface area (Å²) < 4.78 is 0. The molecule has 0 bridgehead atoms. The van der Waals surface area contributed by atoms with E-state index in [-0.39, 0.29) is 0 Å². The number of nitriles is 1. The Morgan fingerprint density at radius 3 is 2.78 bits per heavy atom. The maximum atomic E-state index is 9.58. The molecule has 3 nitrogen and oxygen atoms in total. The van der Waals surface area contributed by atoms with Crippen LogP contribution in [0.2, 0.25) is 0 Å². The molecule has 1 atom stereocenters. The molecule has 0 radical (unpaired) electrons. The molecule has 96 valence electrons. The molecule has 1 heterocycles. The van der Waals surface area contributed by atoms with Gasteiger partial charge < -0.3 is 5.32 Å². The van der Waals surface area contributed by atoms with Gasteiger partial charge >= 0.3 is 0 Å². The van der Waals surface area contributed by atoms with E-state index in [4.69, 9.17) is 0 Å². The Morgan fingerprint density at radius 1 is 1.28 bits per heavy atom. The van der Waals surface area contributed by atoms with E-state index in [9.17, 15) is 5.26 Å². The highest BCUT2D eigenvalue weighted by atomic mass is 15.2. The summed E-state index contributed by atoms with van der Waals surface area (Å²) in [4.78, 5) is 2.32. The van der Waals surface area contributed by atoms with Crippen LogP contribution in [0.1, 0.15) is 18.9 Å². The van der Waals surface area contributed by atoms with Crippen LogP contribution in [0.4, 0.5) is 0 Å². The first-order valence-corrected chi connectivity index (χ1v) is 6.65. The van der Waals surface area contributed by atoms with Gasteiger partial charge in [0.1, 0.15) is 5.54 Å². The standard InChI is InChI=1S/C15H21N3/c1-15(13-16,12-14-6-3-2-4-7-14)18-10-5-8-17-9-11-18/h2-4,6-7,17H,5,8-12H2,1H3. The second kappa shape index (κ2) is 5.99. The highest BCUT2D eigenvalue weighted by Gasteiger charge is 2.32. The second-order valence-electron chi connectivity index (χ2n) is 5.14. The van der Waals surface area contributed by atoms with Crippen LogP contribution >= 0.6 is 0 Å². The molecule has 18 heavy (non-hydrogen) atoms. The van der Waals surface area contributed by atoms with E-state index in [2.05, 4.69) is 35.3 Å². The van der Waals surface area contributed by atoms with Crippen molar-refractivity contribution in [2.24, 2.45) is 0 Å². The summed E-state index contributed by atoms with van der Waals surface area (Å²) in [6.07, 6.45) is 1.91. The monoisotopic (exact) mass is 243 g/mol. The Kier molecular flexibility index (Phi) is 4.35. The molecule has 1 N–H and O–H groups in total. The zero-order valence-corrected chi connectivity index (χ0v) is 11.0. The van der Waals surface area contributed by atoms with Gasteiger partial charge in [0.05, 0.1) is 6.07 Å².